The van der Waals surface area contributed by atoms with Gasteiger partial charge in [0.05, 0.1) is 11.0 Å². The Hall–Kier alpha value is -1.51. The fourth-order valence-electron chi connectivity index (χ4n) is 1.97. The number of nitrogens with zero attached hydrogens (tertiary/aromatic N) is 3. The zero-order chi connectivity index (χ0) is 14.5. The number of hydrogen-bond acceptors (Lipinski definition) is 7. The number of ether oxygens (including phenoxy) is 2. The van der Waals surface area contributed by atoms with Crippen LogP contribution in [0.2, 0.25) is 5.15 Å². The zero-order valence-corrected chi connectivity index (χ0v) is 11.7. The SMILES string of the molecule is COCc1nc(Cl)c([N+](=O)[O-])c(NCC2CCCO2)n1. The molecule has 1 aromatic heterocycles. The predicted octanol–water partition coefficient (Wildman–Crippen LogP) is 1.78. The first kappa shape index (κ1) is 14.9. The van der Waals surface area contributed by atoms with Gasteiger partial charge < -0.3 is 14.8 Å². The van der Waals surface area contributed by atoms with Crippen LogP contribution in [0.1, 0.15) is 18.7 Å². The third-order valence-corrected chi connectivity index (χ3v) is 3.13. The summed E-state index contributed by atoms with van der Waals surface area (Å²) in [5.74, 6) is 0.385. The van der Waals surface area contributed by atoms with Crippen LogP contribution in [0.25, 0.3) is 0 Å². The van der Waals surface area contributed by atoms with Gasteiger partial charge >= 0.3 is 5.69 Å². The van der Waals surface area contributed by atoms with E-state index >= 15 is 0 Å². The second-order valence-electron chi connectivity index (χ2n) is 4.33. The minimum atomic E-state index is -0.600. The first-order valence-corrected chi connectivity index (χ1v) is 6.55. The molecule has 1 aromatic rings. The van der Waals surface area contributed by atoms with Crippen molar-refractivity contribution in [3.8, 4) is 0 Å². The first-order chi connectivity index (χ1) is 9.61. The first-order valence-electron chi connectivity index (χ1n) is 6.17. The van der Waals surface area contributed by atoms with Crippen LogP contribution in [0.15, 0.2) is 0 Å². The van der Waals surface area contributed by atoms with Crippen LogP contribution in [0, 0.1) is 10.1 Å². The lowest BCUT2D eigenvalue weighted by molar-refractivity contribution is -0.384. The molecule has 1 aliphatic heterocycles. The third-order valence-electron chi connectivity index (χ3n) is 2.86. The molecule has 8 nitrogen and oxygen atoms in total. The molecule has 0 radical (unpaired) electrons. The molecule has 110 valence electrons. The molecular formula is C11H15ClN4O4. The minimum Gasteiger partial charge on any atom is -0.377 e. The van der Waals surface area contributed by atoms with E-state index in [1.54, 1.807) is 0 Å². The Kier molecular flexibility index (Phi) is 5.05. The van der Waals surface area contributed by atoms with E-state index in [1.807, 2.05) is 0 Å². The van der Waals surface area contributed by atoms with E-state index in [4.69, 9.17) is 21.1 Å². The highest BCUT2D eigenvalue weighted by molar-refractivity contribution is 6.31. The highest BCUT2D eigenvalue weighted by atomic mass is 35.5. The molecule has 1 atom stereocenters. The van der Waals surface area contributed by atoms with E-state index in [2.05, 4.69) is 15.3 Å². The van der Waals surface area contributed by atoms with Crippen molar-refractivity contribution < 1.29 is 14.4 Å². The van der Waals surface area contributed by atoms with Crippen molar-refractivity contribution in [2.24, 2.45) is 0 Å². The van der Waals surface area contributed by atoms with E-state index in [0.29, 0.717) is 13.2 Å². The van der Waals surface area contributed by atoms with E-state index < -0.39 is 4.92 Å². The fraction of sp³-hybridized carbons (Fsp3) is 0.636. The summed E-state index contributed by atoms with van der Waals surface area (Å²) in [6.07, 6.45) is 1.95. The molecular weight excluding hydrogens is 288 g/mol. The molecule has 2 heterocycles. The number of halogens is 1. The van der Waals surface area contributed by atoms with Gasteiger partial charge in [-0.2, -0.15) is 0 Å². The number of hydrogen-bond donors (Lipinski definition) is 1. The Morgan fingerprint density at radius 1 is 1.60 bits per heavy atom. The number of anilines is 1. The number of nitro groups is 1. The Bertz CT molecular complexity index is 494. The number of aromatic nitrogens is 2. The van der Waals surface area contributed by atoms with Gasteiger partial charge in [0, 0.05) is 20.3 Å². The van der Waals surface area contributed by atoms with Crippen molar-refractivity contribution in [2.45, 2.75) is 25.6 Å². The average Bonchev–Trinajstić information content (AvgIpc) is 2.88. The lowest BCUT2D eigenvalue weighted by atomic mass is 10.2. The summed E-state index contributed by atoms with van der Waals surface area (Å²) in [6.45, 7) is 1.29. The second-order valence-corrected chi connectivity index (χ2v) is 4.69. The van der Waals surface area contributed by atoms with Gasteiger partial charge in [0.15, 0.2) is 5.82 Å². The van der Waals surface area contributed by atoms with Crippen LogP contribution in [-0.2, 0) is 16.1 Å². The zero-order valence-electron chi connectivity index (χ0n) is 11.0. The summed E-state index contributed by atoms with van der Waals surface area (Å²) in [5.41, 5.74) is -0.329. The molecule has 1 saturated heterocycles. The molecule has 0 aromatic carbocycles. The Morgan fingerprint density at radius 3 is 3.00 bits per heavy atom. The summed E-state index contributed by atoms with van der Waals surface area (Å²) in [5, 5.41) is 13.8. The molecule has 1 N–H and O–H groups in total. The predicted molar refractivity (Wildman–Crippen MR) is 71.9 cm³/mol. The lowest BCUT2D eigenvalue weighted by Crippen LogP contribution is -2.20. The van der Waals surface area contributed by atoms with Gasteiger partial charge in [0.1, 0.15) is 6.61 Å². The summed E-state index contributed by atoms with van der Waals surface area (Å²) in [7, 11) is 1.48. The summed E-state index contributed by atoms with van der Waals surface area (Å²) >= 11 is 5.84. The average molecular weight is 303 g/mol. The second kappa shape index (κ2) is 6.78. The molecule has 1 aliphatic rings. The van der Waals surface area contributed by atoms with Gasteiger partial charge in [-0.3, -0.25) is 10.1 Å². The molecule has 2 rings (SSSR count). The number of methoxy groups -OCH3 is 1. The summed E-state index contributed by atoms with van der Waals surface area (Å²) < 4.78 is 10.4. The van der Waals surface area contributed by atoms with Crippen LogP contribution in [0.5, 0.6) is 0 Å². The molecule has 0 amide bonds. The molecule has 9 heteroatoms. The largest absolute Gasteiger partial charge is 0.377 e. The molecule has 1 fully saturated rings. The van der Waals surface area contributed by atoms with Crippen LogP contribution >= 0.6 is 11.6 Å². The minimum absolute atomic E-state index is 0.0363. The van der Waals surface area contributed by atoms with Crippen molar-refractivity contribution in [1.82, 2.24) is 9.97 Å². The molecule has 0 spiro atoms. The quantitative estimate of drug-likeness (QED) is 0.485. The van der Waals surface area contributed by atoms with Crippen LogP contribution < -0.4 is 5.32 Å². The highest BCUT2D eigenvalue weighted by Gasteiger charge is 2.25. The maximum absolute atomic E-state index is 11.0. The van der Waals surface area contributed by atoms with Crippen LogP contribution in [0.4, 0.5) is 11.5 Å². The van der Waals surface area contributed by atoms with E-state index in [0.717, 1.165) is 12.8 Å². The fourth-order valence-corrected chi connectivity index (χ4v) is 2.22. The summed E-state index contributed by atoms with van der Waals surface area (Å²) in [4.78, 5) is 18.4. The van der Waals surface area contributed by atoms with Gasteiger partial charge in [0.2, 0.25) is 11.0 Å². The standard InChI is InChI=1S/C11H15ClN4O4/c1-19-6-8-14-10(12)9(16(17)18)11(15-8)13-5-7-3-2-4-20-7/h7H,2-6H2,1H3,(H,13,14,15). The molecule has 20 heavy (non-hydrogen) atoms. The Morgan fingerprint density at radius 2 is 2.40 bits per heavy atom. The third kappa shape index (κ3) is 3.53. The van der Waals surface area contributed by atoms with E-state index in [1.165, 1.54) is 7.11 Å². The van der Waals surface area contributed by atoms with Crippen molar-refractivity contribution in [3.05, 3.63) is 21.1 Å². The molecule has 0 aliphatic carbocycles. The molecule has 0 bridgehead atoms. The van der Waals surface area contributed by atoms with Gasteiger partial charge in [-0.05, 0) is 12.8 Å². The maximum atomic E-state index is 11.0. The van der Waals surface area contributed by atoms with Crippen molar-refractivity contribution in [3.63, 3.8) is 0 Å². The lowest BCUT2D eigenvalue weighted by Gasteiger charge is -2.12. The smallest absolute Gasteiger partial charge is 0.348 e. The monoisotopic (exact) mass is 302 g/mol. The Balaban J connectivity index is 2.19. The van der Waals surface area contributed by atoms with Crippen LogP contribution in [0.3, 0.4) is 0 Å². The highest BCUT2D eigenvalue weighted by Crippen LogP contribution is 2.30. The van der Waals surface area contributed by atoms with Crippen LogP contribution in [-0.4, -0.2) is 41.3 Å². The van der Waals surface area contributed by atoms with Gasteiger partial charge in [-0.1, -0.05) is 11.6 Å². The van der Waals surface area contributed by atoms with E-state index in [-0.39, 0.29) is 35.2 Å². The molecule has 1 unspecified atom stereocenters. The van der Waals surface area contributed by atoms with Gasteiger partial charge in [-0.25, -0.2) is 9.97 Å². The van der Waals surface area contributed by atoms with Crippen molar-refractivity contribution in [1.29, 1.82) is 0 Å². The number of rotatable bonds is 6. The van der Waals surface area contributed by atoms with Crippen molar-refractivity contribution in [2.75, 3.05) is 25.6 Å². The van der Waals surface area contributed by atoms with E-state index in [9.17, 15) is 10.1 Å². The Labute approximate surface area is 120 Å². The van der Waals surface area contributed by atoms with Gasteiger partial charge in [0.25, 0.3) is 0 Å². The van der Waals surface area contributed by atoms with Crippen molar-refractivity contribution >= 4 is 23.1 Å². The summed E-state index contributed by atoms with van der Waals surface area (Å²) in [6, 6.07) is 0. The maximum Gasteiger partial charge on any atom is 0.348 e. The topological polar surface area (TPSA) is 99.4 Å². The molecule has 0 saturated carbocycles. The van der Waals surface area contributed by atoms with Gasteiger partial charge in [-0.15, -0.1) is 0 Å². The normalized spacial score (nSPS) is 18.2. The number of nitrogens with one attached hydrogen (secondary N) is 1.